The first-order valence-corrected chi connectivity index (χ1v) is 7.44. The van der Waals surface area contributed by atoms with Gasteiger partial charge in [0.15, 0.2) is 5.82 Å². The first kappa shape index (κ1) is 14.7. The van der Waals surface area contributed by atoms with E-state index in [4.69, 9.17) is 9.26 Å². The fourth-order valence-electron chi connectivity index (χ4n) is 2.48. The maximum Gasteiger partial charge on any atom is 0.257 e. The molecule has 1 aliphatic heterocycles. The van der Waals surface area contributed by atoms with Crippen molar-refractivity contribution in [3.63, 3.8) is 0 Å². The first-order chi connectivity index (χ1) is 10.7. The van der Waals surface area contributed by atoms with Gasteiger partial charge < -0.3 is 14.2 Å². The molecule has 1 atom stereocenters. The molecule has 6 nitrogen and oxygen atoms in total. The highest BCUT2D eigenvalue weighted by Gasteiger charge is 2.33. The number of hydrogen-bond donors (Lipinski definition) is 0. The van der Waals surface area contributed by atoms with Crippen molar-refractivity contribution in [3.05, 3.63) is 36.2 Å². The Bertz CT molecular complexity index is 639. The highest BCUT2D eigenvalue weighted by atomic mass is 16.5. The minimum Gasteiger partial charge on any atom is -0.377 e. The smallest absolute Gasteiger partial charge is 0.257 e. The summed E-state index contributed by atoms with van der Waals surface area (Å²) >= 11 is 0. The van der Waals surface area contributed by atoms with E-state index in [9.17, 15) is 4.79 Å². The summed E-state index contributed by atoms with van der Waals surface area (Å²) in [4.78, 5) is 18.6. The fourth-order valence-corrected chi connectivity index (χ4v) is 2.48. The Kier molecular flexibility index (Phi) is 4.20. The largest absolute Gasteiger partial charge is 0.377 e. The van der Waals surface area contributed by atoms with E-state index < -0.39 is 0 Å². The van der Waals surface area contributed by atoms with Crippen molar-refractivity contribution < 1.29 is 14.1 Å². The number of ether oxygens (including phenoxy) is 1. The molecular formula is C16H19N3O3. The van der Waals surface area contributed by atoms with Crippen LogP contribution in [0.5, 0.6) is 0 Å². The molecule has 1 saturated heterocycles. The van der Waals surface area contributed by atoms with Crippen LogP contribution in [-0.2, 0) is 9.53 Å². The van der Waals surface area contributed by atoms with E-state index in [2.05, 4.69) is 10.1 Å². The second kappa shape index (κ2) is 6.27. The van der Waals surface area contributed by atoms with Gasteiger partial charge in [-0.15, -0.1) is 0 Å². The second-order valence-electron chi connectivity index (χ2n) is 5.60. The fraction of sp³-hybridized carbons (Fsp3) is 0.438. The van der Waals surface area contributed by atoms with E-state index in [-0.39, 0.29) is 17.9 Å². The highest BCUT2D eigenvalue weighted by molar-refractivity contribution is 5.78. The van der Waals surface area contributed by atoms with Crippen molar-refractivity contribution in [1.29, 1.82) is 0 Å². The van der Waals surface area contributed by atoms with E-state index in [1.54, 1.807) is 4.90 Å². The van der Waals surface area contributed by atoms with Crippen molar-refractivity contribution >= 4 is 5.91 Å². The number of carbonyl (C=O) groups excluding carboxylic acids is 1. The molecule has 1 aromatic carbocycles. The third-order valence-electron chi connectivity index (χ3n) is 3.67. The lowest BCUT2D eigenvalue weighted by atomic mass is 10.1. The standard InChI is InChI=1S/C16H19N3O3/c1-11(2)16(20)19-8-9-21-10-13(19)14-17-15(22-18-14)12-6-4-3-5-7-12/h3-7,11,13H,8-10H2,1-2H3. The van der Waals surface area contributed by atoms with Gasteiger partial charge >= 0.3 is 0 Å². The zero-order valence-corrected chi connectivity index (χ0v) is 12.7. The molecule has 1 aliphatic rings. The lowest BCUT2D eigenvalue weighted by Gasteiger charge is -2.34. The lowest BCUT2D eigenvalue weighted by molar-refractivity contribution is -0.143. The molecule has 22 heavy (non-hydrogen) atoms. The molecule has 2 aromatic rings. The molecule has 0 N–H and O–H groups in total. The minimum atomic E-state index is -0.287. The van der Waals surface area contributed by atoms with Crippen LogP contribution in [0.2, 0.25) is 0 Å². The van der Waals surface area contributed by atoms with Gasteiger partial charge in [0.1, 0.15) is 6.04 Å². The van der Waals surface area contributed by atoms with Crippen LogP contribution in [0.3, 0.4) is 0 Å². The number of hydrogen-bond acceptors (Lipinski definition) is 5. The lowest BCUT2D eigenvalue weighted by Crippen LogP contribution is -2.45. The Labute approximate surface area is 129 Å². The van der Waals surface area contributed by atoms with Crippen LogP contribution in [0.25, 0.3) is 11.5 Å². The molecule has 0 spiro atoms. The van der Waals surface area contributed by atoms with Gasteiger partial charge in [-0.2, -0.15) is 4.98 Å². The van der Waals surface area contributed by atoms with Crippen molar-refractivity contribution in [2.75, 3.05) is 19.8 Å². The molecule has 116 valence electrons. The topological polar surface area (TPSA) is 68.5 Å². The van der Waals surface area contributed by atoms with E-state index in [0.29, 0.717) is 31.5 Å². The van der Waals surface area contributed by atoms with Crippen LogP contribution in [0.1, 0.15) is 25.7 Å². The predicted molar refractivity (Wildman–Crippen MR) is 79.8 cm³/mol. The summed E-state index contributed by atoms with van der Waals surface area (Å²) < 4.78 is 10.8. The van der Waals surface area contributed by atoms with E-state index in [1.807, 2.05) is 44.2 Å². The number of benzene rings is 1. The average molecular weight is 301 g/mol. The maximum absolute atomic E-state index is 12.3. The Morgan fingerprint density at radius 3 is 2.82 bits per heavy atom. The summed E-state index contributed by atoms with van der Waals surface area (Å²) in [6.45, 7) is 5.27. The monoisotopic (exact) mass is 301 g/mol. The summed E-state index contributed by atoms with van der Waals surface area (Å²) in [5, 5.41) is 4.05. The van der Waals surface area contributed by atoms with Crippen LogP contribution in [0, 0.1) is 5.92 Å². The summed E-state index contributed by atoms with van der Waals surface area (Å²) in [7, 11) is 0. The zero-order valence-electron chi connectivity index (χ0n) is 12.7. The van der Waals surface area contributed by atoms with Crippen LogP contribution >= 0.6 is 0 Å². The van der Waals surface area contributed by atoms with Crippen LogP contribution in [0.15, 0.2) is 34.9 Å². The quantitative estimate of drug-likeness (QED) is 0.870. The number of nitrogens with zero attached hydrogens (tertiary/aromatic N) is 3. The van der Waals surface area contributed by atoms with Gasteiger partial charge in [-0.05, 0) is 12.1 Å². The van der Waals surface area contributed by atoms with E-state index >= 15 is 0 Å². The van der Waals surface area contributed by atoms with Gasteiger partial charge in [0.2, 0.25) is 5.91 Å². The third kappa shape index (κ3) is 2.87. The molecule has 1 fully saturated rings. The summed E-state index contributed by atoms with van der Waals surface area (Å²) in [5.41, 5.74) is 0.861. The molecule has 1 aromatic heterocycles. The van der Waals surface area contributed by atoms with Crippen LogP contribution in [-0.4, -0.2) is 40.7 Å². The molecule has 0 bridgehead atoms. The molecule has 1 unspecified atom stereocenters. The van der Waals surface area contributed by atoms with Gasteiger partial charge in [0.05, 0.1) is 13.2 Å². The first-order valence-electron chi connectivity index (χ1n) is 7.44. The Morgan fingerprint density at radius 2 is 2.09 bits per heavy atom. The van der Waals surface area contributed by atoms with Crippen molar-refractivity contribution in [2.45, 2.75) is 19.9 Å². The minimum absolute atomic E-state index is 0.0684. The van der Waals surface area contributed by atoms with Gasteiger partial charge in [-0.3, -0.25) is 4.79 Å². The summed E-state index contributed by atoms with van der Waals surface area (Å²) in [6.07, 6.45) is 0. The number of carbonyl (C=O) groups is 1. The molecule has 0 aliphatic carbocycles. The van der Waals surface area contributed by atoms with Crippen molar-refractivity contribution in [3.8, 4) is 11.5 Å². The van der Waals surface area contributed by atoms with Gasteiger partial charge in [-0.25, -0.2) is 0 Å². The number of rotatable bonds is 3. The maximum atomic E-state index is 12.3. The molecule has 2 heterocycles. The van der Waals surface area contributed by atoms with Gasteiger partial charge in [0, 0.05) is 18.0 Å². The van der Waals surface area contributed by atoms with Crippen molar-refractivity contribution in [1.82, 2.24) is 15.0 Å². The third-order valence-corrected chi connectivity index (χ3v) is 3.67. The van der Waals surface area contributed by atoms with E-state index in [0.717, 1.165) is 5.56 Å². The molecule has 1 amide bonds. The van der Waals surface area contributed by atoms with E-state index in [1.165, 1.54) is 0 Å². The molecule has 6 heteroatoms. The molecule has 3 rings (SSSR count). The SMILES string of the molecule is CC(C)C(=O)N1CCOCC1c1noc(-c2ccccc2)n1. The Hall–Kier alpha value is -2.21. The molecule has 0 radical (unpaired) electrons. The molecule has 0 saturated carbocycles. The van der Waals surface area contributed by atoms with Gasteiger partial charge in [0.25, 0.3) is 5.89 Å². The normalized spacial score (nSPS) is 18.7. The summed E-state index contributed by atoms with van der Waals surface area (Å²) in [6, 6.07) is 9.29. The molecular weight excluding hydrogens is 282 g/mol. The number of amides is 1. The Morgan fingerprint density at radius 1 is 1.32 bits per heavy atom. The number of aromatic nitrogens is 2. The van der Waals surface area contributed by atoms with Crippen LogP contribution < -0.4 is 0 Å². The highest BCUT2D eigenvalue weighted by Crippen LogP contribution is 2.26. The zero-order chi connectivity index (χ0) is 15.5. The van der Waals surface area contributed by atoms with Crippen LogP contribution in [0.4, 0.5) is 0 Å². The predicted octanol–water partition coefficient (Wildman–Crippen LogP) is 2.29. The Balaban J connectivity index is 1.86. The second-order valence-corrected chi connectivity index (χ2v) is 5.60. The number of morpholine rings is 1. The van der Waals surface area contributed by atoms with Gasteiger partial charge in [-0.1, -0.05) is 37.2 Å². The average Bonchev–Trinajstić information content (AvgIpc) is 3.05. The summed E-state index contributed by atoms with van der Waals surface area (Å²) in [5.74, 6) is 0.964. The van der Waals surface area contributed by atoms with Crippen molar-refractivity contribution in [2.24, 2.45) is 5.92 Å².